The molecule has 19 heavy (non-hydrogen) atoms. The lowest BCUT2D eigenvalue weighted by Gasteiger charge is -2.10. The number of pyridine rings is 1. The first-order valence-electron chi connectivity index (χ1n) is 6.75. The zero-order valence-corrected chi connectivity index (χ0v) is 11.3. The van der Waals surface area contributed by atoms with Gasteiger partial charge in [-0.3, -0.25) is 9.48 Å². The Labute approximate surface area is 112 Å². The van der Waals surface area contributed by atoms with E-state index in [0.29, 0.717) is 0 Å². The average Bonchev–Trinajstić information content (AvgIpc) is 2.99. The van der Waals surface area contributed by atoms with Gasteiger partial charge in [-0.1, -0.05) is 12.8 Å². The summed E-state index contributed by atoms with van der Waals surface area (Å²) in [5, 5.41) is 8.30. The van der Waals surface area contributed by atoms with Crippen LogP contribution < -0.4 is 5.32 Å². The molecule has 0 unspecified atom stereocenters. The summed E-state index contributed by atoms with van der Waals surface area (Å²) >= 11 is 0. The van der Waals surface area contributed by atoms with Gasteiger partial charge in [-0.05, 0) is 25.8 Å². The fourth-order valence-corrected chi connectivity index (χ4v) is 2.81. The third-order valence-corrected chi connectivity index (χ3v) is 3.86. The van der Waals surface area contributed by atoms with E-state index < -0.39 is 0 Å². The van der Waals surface area contributed by atoms with Crippen molar-refractivity contribution in [3.63, 3.8) is 0 Å². The molecule has 0 aliphatic heterocycles. The van der Waals surface area contributed by atoms with Crippen LogP contribution in [0.1, 0.15) is 31.4 Å². The number of aromatic nitrogens is 3. The fourth-order valence-electron chi connectivity index (χ4n) is 2.81. The number of carbonyl (C=O) groups excluding carboxylic acids is 1. The first kappa shape index (κ1) is 12.1. The van der Waals surface area contributed by atoms with Gasteiger partial charge in [0.2, 0.25) is 5.91 Å². The van der Waals surface area contributed by atoms with Gasteiger partial charge in [0.05, 0.1) is 17.6 Å². The van der Waals surface area contributed by atoms with E-state index in [-0.39, 0.29) is 11.8 Å². The van der Waals surface area contributed by atoms with Gasteiger partial charge in [0.15, 0.2) is 5.65 Å². The highest BCUT2D eigenvalue weighted by Gasteiger charge is 2.22. The number of amides is 1. The van der Waals surface area contributed by atoms with Gasteiger partial charge in [-0.2, -0.15) is 5.10 Å². The lowest BCUT2D eigenvalue weighted by Crippen LogP contribution is -2.20. The molecule has 1 aliphatic rings. The second-order valence-corrected chi connectivity index (χ2v) is 5.27. The maximum atomic E-state index is 12.1. The number of rotatable bonds is 2. The normalized spacial score (nSPS) is 16.1. The molecule has 0 atom stereocenters. The number of aryl methyl sites for hydroxylation is 2. The van der Waals surface area contributed by atoms with Crippen LogP contribution in [-0.4, -0.2) is 20.7 Å². The van der Waals surface area contributed by atoms with E-state index in [0.717, 1.165) is 48.1 Å². The van der Waals surface area contributed by atoms with E-state index in [1.165, 1.54) is 0 Å². The number of carbonyl (C=O) groups is 1. The number of hydrogen-bond acceptors (Lipinski definition) is 3. The summed E-state index contributed by atoms with van der Waals surface area (Å²) in [6.07, 6.45) is 6.05. The van der Waals surface area contributed by atoms with E-state index in [1.54, 1.807) is 10.9 Å². The average molecular weight is 258 g/mol. The van der Waals surface area contributed by atoms with Crippen molar-refractivity contribution in [2.75, 3.05) is 5.32 Å². The summed E-state index contributed by atoms with van der Waals surface area (Å²) in [6, 6.07) is 1.96. The molecule has 1 amide bonds. The van der Waals surface area contributed by atoms with Crippen LogP contribution in [0.5, 0.6) is 0 Å². The molecule has 0 saturated heterocycles. The number of fused-ring (bicyclic) bond motifs is 1. The first-order chi connectivity index (χ1) is 9.15. The van der Waals surface area contributed by atoms with Crippen LogP contribution in [0.4, 0.5) is 5.69 Å². The Morgan fingerprint density at radius 3 is 2.89 bits per heavy atom. The second kappa shape index (κ2) is 4.64. The Bertz CT molecular complexity index is 626. The van der Waals surface area contributed by atoms with E-state index in [4.69, 9.17) is 0 Å². The minimum atomic E-state index is 0.125. The molecule has 5 nitrogen and oxygen atoms in total. The highest BCUT2D eigenvalue weighted by atomic mass is 16.1. The van der Waals surface area contributed by atoms with Gasteiger partial charge in [0.25, 0.3) is 0 Å². The third kappa shape index (κ3) is 2.20. The van der Waals surface area contributed by atoms with Crippen molar-refractivity contribution < 1.29 is 4.79 Å². The Balaban J connectivity index is 1.85. The standard InChI is InChI=1S/C14H18N4O/c1-9-12-7-11(8-15-13(12)18(2)17-9)16-14(19)10-5-3-4-6-10/h7-8,10H,3-6H2,1-2H3,(H,16,19). The molecular weight excluding hydrogens is 240 g/mol. The van der Waals surface area contributed by atoms with E-state index in [1.807, 2.05) is 20.0 Å². The summed E-state index contributed by atoms with van der Waals surface area (Å²) in [5.41, 5.74) is 2.54. The van der Waals surface area contributed by atoms with Crippen LogP contribution in [0.15, 0.2) is 12.3 Å². The molecular formula is C14H18N4O. The molecule has 0 aromatic carbocycles. The highest BCUT2D eigenvalue weighted by molar-refractivity contribution is 5.94. The van der Waals surface area contributed by atoms with Crippen LogP contribution in [0.25, 0.3) is 11.0 Å². The predicted molar refractivity (Wildman–Crippen MR) is 73.8 cm³/mol. The number of nitrogens with zero attached hydrogens (tertiary/aromatic N) is 3. The maximum absolute atomic E-state index is 12.1. The Kier molecular flexibility index (Phi) is 2.97. The van der Waals surface area contributed by atoms with E-state index in [2.05, 4.69) is 15.4 Å². The lowest BCUT2D eigenvalue weighted by atomic mass is 10.1. The molecule has 0 bridgehead atoms. The van der Waals surface area contributed by atoms with E-state index in [9.17, 15) is 4.79 Å². The summed E-state index contributed by atoms with van der Waals surface area (Å²) < 4.78 is 1.76. The SMILES string of the molecule is Cc1nn(C)c2ncc(NC(=O)C3CCCC3)cc12. The Morgan fingerprint density at radius 2 is 2.16 bits per heavy atom. The van der Waals surface area contributed by atoms with Crippen LogP contribution >= 0.6 is 0 Å². The lowest BCUT2D eigenvalue weighted by molar-refractivity contribution is -0.119. The molecule has 1 fully saturated rings. The number of anilines is 1. The van der Waals surface area contributed by atoms with E-state index >= 15 is 0 Å². The fraction of sp³-hybridized carbons (Fsp3) is 0.500. The Morgan fingerprint density at radius 1 is 1.42 bits per heavy atom. The molecule has 2 aromatic heterocycles. The quantitative estimate of drug-likeness (QED) is 0.899. The van der Waals surface area contributed by atoms with Gasteiger partial charge in [0.1, 0.15) is 0 Å². The van der Waals surface area contributed by atoms with Gasteiger partial charge in [0, 0.05) is 18.4 Å². The molecule has 1 aliphatic carbocycles. The van der Waals surface area contributed by atoms with Crippen molar-refractivity contribution in [3.8, 4) is 0 Å². The Hall–Kier alpha value is -1.91. The van der Waals surface area contributed by atoms with Gasteiger partial charge < -0.3 is 5.32 Å². The van der Waals surface area contributed by atoms with Gasteiger partial charge in [-0.25, -0.2) is 4.98 Å². The topological polar surface area (TPSA) is 59.8 Å². The zero-order chi connectivity index (χ0) is 13.4. The summed E-state index contributed by atoms with van der Waals surface area (Å²) in [5.74, 6) is 0.297. The molecule has 2 heterocycles. The van der Waals surface area contributed by atoms with Crippen molar-refractivity contribution in [2.45, 2.75) is 32.6 Å². The third-order valence-electron chi connectivity index (χ3n) is 3.86. The minimum absolute atomic E-state index is 0.125. The first-order valence-corrected chi connectivity index (χ1v) is 6.75. The summed E-state index contributed by atoms with van der Waals surface area (Å²) in [6.45, 7) is 1.95. The second-order valence-electron chi connectivity index (χ2n) is 5.27. The van der Waals surface area contributed by atoms with Gasteiger partial charge >= 0.3 is 0 Å². The smallest absolute Gasteiger partial charge is 0.227 e. The largest absolute Gasteiger partial charge is 0.324 e. The van der Waals surface area contributed by atoms with Crippen molar-refractivity contribution in [1.82, 2.24) is 14.8 Å². The van der Waals surface area contributed by atoms with Crippen molar-refractivity contribution in [1.29, 1.82) is 0 Å². The molecule has 3 rings (SSSR count). The number of hydrogen-bond donors (Lipinski definition) is 1. The van der Waals surface area contributed by atoms with Crippen LogP contribution in [0.3, 0.4) is 0 Å². The molecule has 100 valence electrons. The highest BCUT2D eigenvalue weighted by Crippen LogP contribution is 2.26. The van der Waals surface area contributed by atoms with Gasteiger partial charge in [-0.15, -0.1) is 0 Å². The minimum Gasteiger partial charge on any atom is -0.324 e. The summed E-state index contributed by atoms with van der Waals surface area (Å²) in [4.78, 5) is 16.4. The summed E-state index contributed by atoms with van der Waals surface area (Å²) in [7, 11) is 1.87. The molecule has 1 N–H and O–H groups in total. The zero-order valence-electron chi connectivity index (χ0n) is 11.3. The van der Waals surface area contributed by atoms with Crippen molar-refractivity contribution in [2.24, 2.45) is 13.0 Å². The molecule has 0 radical (unpaired) electrons. The monoisotopic (exact) mass is 258 g/mol. The molecule has 1 saturated carbocycles. The van der Waals surface area contributed by atoms with Crippen molar-refractivity contribution >= 4 is 22.6 Å². The van der Waals surface area contributed by atoms with Crippen molar-refractivity contribution in [3.05, 3.63) is 18.0 Å². The molecule has 0 spiro atoms. The van der Waals surface area contributed by atoms with Crippen LogP contribution in [0, 0.1) is 12.8 Å². The van der Waals surface area contributed by atoms with Crippen LogP contribution in [-0.2, 0) is 11.8 Å². The van der Waals surface area contributed by atoms with Crippen LogP contribution in [0.2, 0.25) is 0 Å². The predicted octanol–water partition coefficient (Wildman–Crippen LogP) is 2.41. The maximum Gasteiger partial charge on any atom is 0.227 e. The number of nitrogens with one attached hydrogen (secondary N) is 1. The molecule has 5 heteroatoms. The molecule has 2 aromatic rings.